The van der Waals surface area contributed by atoms with E-state index in [0.717, 1.165) is 10.7 Å². The van der Waals surface area contributed by atoms with Gasteiger partial charge in [-0.05, 0) is 20.9 Å². The molecule has 0 aliphatic rings. The molecule has 78 valence electrons. The molecule has 0 fully saturated rings. The molecule has 1 atom stereocenters. The summed E-state index contributed by atoms with van der Waals surface area (Å²) in [5, 5.41) is 3.04. The number of nitrogens with zero attached hydrogens (tertiary/aromatic N) is 2. The highest BCUT2D eigenvalue weighted by molar-refractivity contribution is 7.09. The van der Waals surface area contributed by atoms with Crippen LogP contribution in [0, 0.1) is 6.92 Å². The number of carbonyl (C=O) groups is 1. The maximum absolute atomic E-state index is 10.9. The minimum Gasteiger partial charge on any atom is -0.368 e. The first-order chi connectivity index (χ1) is 6.50. The van der Waals surface area contributed by atoms with Crippen LogP contribution in [0.3, 0.4) is 0 Å². The number of thiazole rings is 1. The van der Waals surface area contributed by atoms with Gasteiger partial charge in [-0.2, -0.15) is 0 Å². The van der Waals surface area contributed by atoms with Crippen LogP contribution >= 0.6 is 11.3 Å². The summed E-state index contributed by atoms with van der Waals surface area (Å²) in [6.07, 6.45) is 0. The lowest BCUT2D eigenvalue weighted by Crippen LogP contribution is -2.39. The van der Waals surface area contributed by atoms with Gasteiger partial charge in [-0.25, -0.2) is 4.98 Å². The van der Waals surface area contributed by atoms with Crippen molar-refractivity contribution in [1.29, 1.82) is 0 Å². The Kier molecular flexibility index (Phi) is 3.60. The predicted molar refractivity (Wildman–Crippen MR) is 57.0 cm³/mol. The Morgan fingerprint density at radius 3 is 2.86 bits per heavy atom. The lowest BCUT2D eigenvalue weighted by molar-refractivity contribution is -0.122. The van der Waals surface area contributed by atoms with Gasteiger partial charge in [-0.1, -0.05) is 0 Å². The zero-order chi connectivity index (χ0) is 10.7. The Labute approximate surface area is 87.7 Å². The van der Waals surface area contributed by atoms with Crippen molar-refractivity contribution < 1.29 is 4.79 Å². The Hall–Kier alpha value is -0.940. The van der Waals surface area contributed by atoms with E-state index in [9.17, 15) is 4.79 Å². The summed E-state index contributed by atoms with van der Waals surface area (Å²) in [6, 6.07) is -0.253. The van der Waals surface area contributed by atoms with E-state index < -0.39 is 0 Å². The van der Waals surface area contributed by atoms with Crippen LogP contribution in [0.2, 0.25) is 0 Å². The fraction of sp³-hybridized carbons (Fsp3) is 0.556. The number of hydrogen-bond acceptors (Lipinski definition) is 4. The fourth-order valence-electron chi connectivity index (χ4n) is 1.09. The average Bonchev–Trinajstić information content (AvgIpc) is 2.49. The highest BCUT2D eigenvalue weighted by Gasteiger charge is 2.15. The summed E-state index contributed by atoms with van der Waals surface area (Å²) >= 11 is 1.61. The summed E-state index contributed by atoms with van der Waals surface area (Å²) in [5.74, 6) is -0.306. The van der Waals surface area contributed by atoms with Crippen LogP contribution in [0.15, 0.2) is 5.38 Å². The number of rotatable bonds is 4. The van der Waals surface area contributed by atoms with E-state index in [4.69, 9.17) is 5.73 Å². The van der Waals surface area contributed by atoms with E-state index in [1.807, 2.05) is 24.3 Å². The molecule has 4 nitrogen and oxygen atoms in total. The number of aryl methyl sites for hydroxylation is 1. The molecule has 0 aliphatic heterocycles. The van der Waals surface area contributed by atoms with Crippen molar-refractivity contribution in [2.24, 2.45) is 5.73 Å². The zero-order valence-corrected chi connectivity index (χ0v) is 9.47. The molecule has 1 aromatic heterocycles. The second-order valence-corrected chi connectivity index (χ2v) is 4.41. The molecular formula is C9H15N3OS. The smallest absolute Gasteiger partial charge is 0.234 e. The summed E-state index contributed by atoms with van der Waals surface area (Å²) in [7, 11) is 1.87. The van der Waals surface area contributed by atoms with Crippen molar-refractivity contribution in [2.45, 2.75) is 26.4 Å². The van der Waals surface area contributed by atoms with E-state index in [1.54, 1.807) is 18.3 Å². The van der Waals surface area contributed by atoms with Gasteiger partial charge < -0.3 is 5.73 Å². The van der Waals surface area contributed by atoms with E-state index in [2.05, 4.69) is 4.98 Å². The van der Waals surface area contributed by atoms with Gasteiger partial charge in [0.2, 0.25) is 5.91 Å². The number of likely N-dealkylation sites (N-methyl/N-ethyl adjacent to an activating group) is 1. The van der Waals surface area contributed by atoms with Crippen molar-refractivity contribution in [2.75, 3.05) is 7.05 Å². The van der Waals surface area contributed by atoms with Gasteiger partial charge in [-0.3, -0.25) is 9.69 Å². The molecule has 1 unspecified atom stereocenters. The molecule has 0 aromatic carbocycles. The Balaban J connectivity index is 2.56. The number of nitrogens with two attached hydrogens (primary N) is 1. The van der Waals surface area contributed by atoms with Gasteiger partial charge in [0.1, 0.15) is 0 Å². The first-order valence-electron chi connectivity index (χ1n) is 4.41. The van der Waals surface area contributed by atoms with E-state index in [1.165, 1.54) is 0 Å². The Bertz CT molecular complexity index is 324. The number of carbonyl (C=O) groups excluding carboxylic acids is 1. The highest BCUT2D eigenvalue weighted by atomic mass is 32.1. The molecule has 0 bridgehead atoms. The van der Waals surface area contributed by atoms with E-state index in [-0.39, 0.29) is 11.9 Å². The molecule has 1 amide bonds. The van der Waals surface area contributed by atoms with Gasteiger partial charge in [0, 0.05) is 11.9 Å². The lowest BCUT2D eigenvalue weighted by atomic mass is 10.3. The molecule has 1 aromatic rings. The van der Waals surface area contributed by atoms with Gasteiger partial charge in [0.05, 0.1) is 16.7 Å². The molecule has 0 aliphatic carbocycles. The third-order valence-electron chi connectivity index (χ3n) is 2.15. The summed E-state index contributed by atoms with van der Waals surface area (Å²) in [5.41, 5.74) is 6.19. The summed E-state index contributed by atoms with van der Waals surface area (Å²) in [6.45, 7) is 4.42. The first-order valence-corrected chi connectivity index (χ1v) is 5.29. The quantitative estimate of drug-likeness (QED) is 0.803. The van der Waals surface area contributed by atoms with Gasteiger partial charge in [-0.15, -0.1) is 11.3 Å². The Morgan fingerprint density at radius 2 is 2.43 bits per heavy atom. The van der Waals surface area contributed by atoms with Crippen molar-refractivity contribution in [3.8, 4) is 0 Å². The molecule has 5 heteroatoms. The summed E-state index contributed by atoms with van der Waals surface area (Å²) in [4.78, 5) is 17.1. The third-order valence-corrected chi connectivity index (χ3v) is 2.97. The van der Waals surface area contributed by atoms with Gasteiger partial charge in [0.25, 0.3) is 0 Å². The van der Waals surface area contributed by atoms with Crippen molar-refractivity contribution >= 4 is 17.2 Å². The highest BCUT2D eigenvalue weighted by Crippen LogP contribution is 2.10. The second kappa shape index (κ2) is 4.52. The molecular weight excluding hydrogens is 198 g/mol. The maximum Gasteiger partial charge on any atom is 0.234 e. The summed E-state index contributed by atoms with van der Waals surface area (Å²) < 4.78 is 0. The van der Waals surface area contributed by atoms with Crippen LogP contribution in [0.1, 0.15) is 17.6 Å². The maximum atomic E-state index is 10.9. The third kappa shape index (κ3) is 2.78. The van der Waals surface area contributed by atoms with Crippen LogP contribution in [0.25, 0.3) is 0 Å². The second-order valence-electron chi connectivity index (χ2n) is 3.35. The van der Waals surface area contributed by atoms with E-state index in [0.29, 0.717) is 6.54 Å². The molecule has 1 heterocycles. The largest absolute Gasteiger partial charge is 0.368 e. The van der Waals surface area contributed by atoms with Gasteiger partial charge in [0.15, 0.2) is 0 Å². The number of hydrogen-bond donors (Lipinski definition) is 1. The number of primary amides is 1. The molecule has 1 rings (SSSR count). The minimum absolute atomic E-state index is 0.253. The van der Waals surface area contributed by atoms with Crippen LogP contribution in [0.5, 0.6) is 0 Å². The predicted octanol–water partition coefficient (Wildman–Crippen LogP) is 0.757. The normalized spacial score (nSPS) is 13.1. The number of aromatic nitrogens is 1. The SMILES string of the molecule is Cc1nc(CN(C)C(C)C(N)=O)cs1. The van der Waals surface area contributed by atoms with E-state index >= 15 is 0 Å². The number of amides is 1. The molecule has 2 N–H and O–H groups in total. The molecule has 0 radical (unpaired) electrons. The topological polar surface area (TPSA) is 59.2 Å². The lowest BCUT2D eigenvalue weighted by Gasteiger charge is -2.20. The standard InChI is InChI=1S/C9H15N3OS/c1-6(9(10)13)12(3)4-8-5-14-7(2)11-8/h5-6H,4H2,1-3H3,(H2,10,13). The van der Waals surface area contributed by atoms with Crippen molar-refractivity contribution in [3.63, 3.8) is 0 Å². The van der Waals surface area contributed by atoms with Crippen LogP contribution < -0.4 is 5.73 Å². The van der Waals surface area contributed by atoms with Gasteiger partial charge >= 0.3 is 0 Å². The fourth-order valence-corrected chi connectivity index (χ4v) is 1.69. The monoisotopic (exact) mass is 213 g/mol. The molecule has 14 heavy (non-hydrogen) atoms. The van der Waals surface area contributed by atoms with Crippen molar-refractivity contribution in [3.05, 3.63) is 16.1 Å². The van der Waals surface area contributed by atoms with Crippen molar-refractivity contribution in [1.82, 2.24) is 9.88 Å². The minimum atomic E-state index is -0.306. The van der Waals surface area contributed by atoms with Crippen LogP contribution in [-0.2, 0) is 11.3 Å². The van der Waals surface area contributed by atoms with Crippen LogP contribution in [-0.4, -0.2) is 28.9 Å². The van der Waals surface area contributed by atoms with Crippen LogP contribution in [0.4, 0.5) is 0 Å². The average molecular weight is 213 g/mol. The first kappa shape index (κ1) is 11.1. The molecule has 0 saturated carbocycles. The molecule has 0 saturated heterocycles. The Morgan fingerprint density at radius 1 is 1.79 bits per heavy atom. The zero-order valence-electron chi connectivity index (χ0n) is 8.65. The molecule has 0 spiro atoms.